The molecule has 2 aromatic rings. The van der Waals surface area contributed by atoms with Crippen molar-refractivity contribution in [2.45, 2.75) is 39.2 Å². The molecule has 2 rings (SSSR count). The normalized spacial score (nSPS) is 12.3. The van der Waals surface area contributed by atoms with Crippen LogP contribution >= 0.6 is 0 Å². The van der Waals surface area contributed by atoms with Gasteiger partial charge in [0.25, 0.3) is 0 Å². The number of rotatable bonds is 8. The summed E-state index contributed by atoms with van der Waals surface area (Å²) in [5, 5.41) is 16.3. The van der Waals surface area contributed by atoms with E-state index in [-0.39, 0.29) is 18.9 Å². The van der Waals surface area contributed by atoms with Crippen LogP contribution in [0, 0.1) is 5.92 Å². The second-order valence-electron chi connectivity index (χ2n) is 5.84. The summed E-state index contributed by atoms with van der Waals surface area (Å²) in [6.07, 6.45) is 4.07. The van der Waals surface area contributed by atoms with Crippen molar-refractivity contribution in [3.05, 3.63) is 30.4 Å². The molecular formula is C16H22N4O3. The number of aliphatic hydroxyl groups excluding tert-OH is 1. The zero-order chi connectivity index (χ0) is 16.7. The molecule has 0 spiro atoms. The summed E-state index contributed by atoms with van der Waals surface area (Å²) in [6.45, 7) is 4.32. The molecule has 2 N–H and O–H groups in total. The van der Waals surface area contributed by atoms with Gasteiger partial charge in [-0.3, -0.25) is 9.78 Å². The van der Waals surface area contributed by atoms with E-state index in [2.05, 4.69) is 20.4 Å². The van der Waals surface area contributed by atoms with E-state index in [1.807, 2.05) is 13.8 Å². The fourth-order valence-electron chi connectivity index (χ4n) is 2.14. The fraction of sp³-hybridized carbons (Fsp3) is 0.500. The first-order chi connectivity index (χ1) is 11.0. The molecule has 0 bridgehead atoms. The number of hydrogen-bond acceptors (Lipinski definition) is 6. The van der Waals surface area contributed by atoms with Crippen molar-refractivity contribution >= 4 is 5.91 Å². The second-order valence-corrected chi connectivity index (χ2v) is 5.84. The number of nitrogens with zero attached hydrogens (tertiary/aromatic N) is 3. The molecule has 1 unspecified atom stereocenters. The number of aliphatic hydroxyl groups is 1. The Balaban J connectivity index is 1.76. The molecule has 2 aromatic heterocycles. The van der Waals surface area contributed by atoms with Crippen LogP contribution in [0.25, 0.3) is 11.4 Å². The van der Waals surface area contributed by atoms with Crippen LogP contribution in [0.4, 0.5) is 0 Å². The van der Waals surface area contributed by atoms with Gasteiger partial charge in [-0.05, 0) is 24.5 Å². The van der Waals surface area contributed by atoms with Crippen LogP contribution in [-0.4, -0.2) is 38.8 Å². The first kappa shape index (κ1) is 17.1. The Morgan fingerprint density at radius 1 is 1.35 bits per heavy atom. The highest BCUT2D eigenvalue weighted by Crippen LogP contribution is 2.14. The van der Waals surface area contributed by atoms with Gasteiger partial charge in [-0.15, -0.1) is 0 Å². The molecule has 1 amide bonds. The summed E-state index contributed by atoms with van der Waals surface area (Å²) < 4.78 is 5.14. The highest BCUT2D eigenvalue weighted by molar-refractivity contribution is 5.76. The van der Waals surface area contributed by atoms with Crippen LogP contribution in [0.3, 0.4) is 0 Å². The first-order valence-corrected chi connectivity index (χ1v) is 7.72. The third-order valence-electron chi connectivity index (χ3n) is 3.25. The van der Waals surface area contributed by atoms with Crippen LogP contribution in [0.5, 0.6) is 0 Å². The number of hydrogen-bond donors (Lipinski definition) is 2. The van der Waals surface area contributed by atoms with Gasteiger partial charge in [-0.1, -0.05) is 19.0 Å². The molecule has 0 saturated heterocycles. The lowest BCUT2D eigenvalue weighted by molar-refractivity contribution is -0.121. The minimum absolute atomic E-state index is 0.142. The van der Waals surface area contributed by atoms with Crippen LogP contribution in [0.2, 0.25) is 0 Å². The molecule has 0 aromatic carbocycles. The van der Waals surface area contributed by atoms with E-state index in [0.29, 0.717) is 30.5 Å². The Morgan fingerprint density at radius 3 is 2.78 bits per heavy atom. The van der Waals surface area contributed by atoms with Gasteiger partial charge in [-0.25, -0.2) is 0 Å². The summed E-state index contributed by atoms with van der Waals surface area (Å²) in [6, 6.07) is 3.58. The lowest BCUT2D eigenvalue weighted by atomic mass is 10.1. The summed E-state index contributed by atoms with van der Waals surface area (Å²) in [4.78, 5) is 19.9. The maximum atomic E-state index is 11.8. The molecule has 0 saturated carbocycles. The number of aromatic nitrogens is 3. The number of nitrogens with one attached hydrogen (secondary N) is 1. The Hall–Kier alpha value is -2.28. The van der Waals surface area contributed by atoms with Crippen molar-refractivity contribution in [1.29, 1.82) is 0 Å². The van der Waals surface area contributed by atoms with Gasteiger partial charge in [0.05, 0.1) is 6.10 Å². The maximum absolute atomic E-state index is 11.8. The van der Waals surface area contributed by atoms with Crippen molar-refractivity contribution in [3.8, 4) is 11.4 Å². The number of pyridine rings is 1. The third kappa shape index (κ3) is 5.78. The standard InChI is InChI=1S/C16H22N4O3/c1-11(2)9-13(21)10-18-14(22)3-4-15-19-16(20-23-15)12-5-7-17-8-6-12/h5-8,11,13,21H,3-4,9-10H2,1-2H3,(H,18,22). The Kier molecular flexibility index (Phi) is 6.22. The minimum atomic E-state index is -0.513. The zero-order valence-corrected chi connectivity index (χ0v) is 13.4. The smallest absolute Gasteiger partial charge is 0.227 e. The number of aryl methyl sites for hydroxylation is 1. The largest absolute Gasteiger partial charge is 0.391 e. The monoisotopic (exact) mass is 318 g/mol. The second kappa shape index (κ2) is 8.38. The molecule has 1 atom stereocenters. The molecule has 0 aliphatic rings. The topological polar surface area (TPSA) is 101 Å². The third-order valence-corrected chi connectivity index (χ3v) is 3.25. The summed E-state index contributed by atoms with van der Waals surface area (Å²) in [5.74, 6) is 1.15. The molecule has 0 aliphatic carbocycles. The highest BCUT2D eigenvalue weighted by Gasteiger charge is 2.12. The number of amides is 1. The number of carbonyl (C=O) groups is 1. The van der Waals surface area contributed by atoms with Crippen LogP contribution < -0.4 is 5.32 Å². The molecule has 0 aliphatic heterocycles. The molecule has 7 heteroatoms. The van der Waals surface area contributed by atoms with Crippen molar-refractivity contribution in [1.82, 2.24) is 20.4 Å². The highest BCUT2D eigenvalue weighted by atomic mass is 16.5. The van der Waals surface area contributed by atoms with Crippen LogP contribution in [-0.2, 0) is 11.2 Å². The Labute approximate surface area is 135 Å². The predicted molar refractivity (Wildman–Crippen MR) is 84.3 cm³/mol. The lowest BCUT2D eigenvalue weighted by Gasteiger charge is -2.13. The SMILES string of the molecule is CC(C)CC(O)CNC(=O)CCc1nc(-c2ccncc2)no1. The van der Waals surface area contributed by atoms with Gasteiger partial charge < -0.3 is 14.9 Å². The van der Waals surface area contributed by atoms with Crippen molar-refractivity contribution < 1.29 is 14.4 Å². The van der Waals surface area contributed by atoms with Crippen molar-refractivity contribution in [2.75, 3.05) is 6.54 Å². The van der Waals surface area contributed by atoms with E-state index in [0.717, 1.165) is 5.56 Å². The van der Waals surface area contributed by atoms with Crippen molar-refractivity contribution in [3.63, 3.8) is 0 Å². The summed E-state index contributed by atoms with van der Waals surface area (Å²) >= 11 is 0. The molecule has 7 nitrogen and oxygen atoms in total. The molecule has 2 heterocycles. The van der Waals surface area contributed by atoms with E-state index in [1.165, 1.54) is 0 Å². The van der Waals surface area contributed by atoms with Crippen LogP contribution in [0.15, 0.2) is 29.0 Å². The molecule has 0 radical (unpaired) electrons. The molecular weight excluding hydrogens is 296 g/mol. The average molecular weight is 318 g/mol. The Bertz CT molecular complexity index is 613. The van der Waals surface area contributed by atoms with Gasteiger partial charge in [0.15, 0.2) is 0 Å². The van der Waals surface area contributed by atoms with E-state index in [1.54, 1.807) is 24.5 Å². The zero-order valence-electron chi connectivity index (χ0n) is 13.4. The average Bonchev–Trinajstić information content (AvgIpc) is 3.00. The fourth-order valence-corrected chi connectivity index (χ4v) is 2.14. The first-order valence-electron chi connectivity index (χ1n) is 7.72. The quantitative estimate of drug-likeness (QED) is 0.766. The van der Waals surface area contributed by atoms with Gasteiger partial charge in [0.1, 0.15) is 0 Å². The van der Waals surface area contributed by atoms with Gasteiger partial charge in [0, 0.05) is 37.3 Å². The van der Waals surface area contributed by atoms with E-state index < -0.39 is 6.10 Å². The van der Waals surface area contributed by atoms with E-state index in [4.69, 9.17) is 4.52 Å². The van der Waals surface area contributed by atoms with Gasteiger partial charge >= 0.3 is 0 Å². The number of carbonyl (C=O) groups excluding carboxylic acids is 1. The van der Waals surface area contributed by atoms with Crippen molar-refractivity contribution in [2.24, 2.45) is 5.92 Å². The Morgan fingerprint density at radius 2 is 2.09 bits per heavy atom. The maximum Gasteiger partial charge on any atom is 0.227 e. The summed E-state index contributed by atoms with van der Waals surface area (Å²) in [7, 11) is 0. The van der Waals surface area contributed by atoms with Gasteiger partial charge in [0.2, 0.25) is 17.6 Å². The van der Waals surface area contributed by atoms with Gasteiger partial charge in [-0.2, -0.15) is 4.98 Å². The molecule has 23 heavy (non-hydrogen) atoms. The van der Waals surface area contributed by atoms with E-state index in [9.17, 15) is 9.90 Å². The summed E-state index contributed by atoms with van der Waals surface area (Å²) in [5.41, 5.74) is 0.816. The lowest BCUT2D eigenvalue weighted by Crippen LogP contribution is -2.32. The molecule has 0 fully saturated rings. The minimum Gasteiger partial charge on any atom is -0.391 e. The predicted octanol–water partition coefficient (Wildman–Crippen LogP) is 1.59. The van der Waals surface area contributed by atoms with E-state index >= 15 is 0 Å². The molecule has 124 valence electrons. The van der Waals surface area contributed by atoms with Crippen LogP contribution in [0.1, 0.15) is 32.6 Å².